The van der Waals surface area contributed by atoms with Crippen LogP contribution in [0.2, 0.25) is 0 Å². The van der Waals surface area contributed by atoms with Gasteiger partial charge in [-0.05, 0) is 38.8 Å². The standard InChI is InChI=1S/C19H26N4O4/c1-4-22-15-10-13(20-17(24)12-18(25)27-3)14(21-8-6-7-9-21)11-16(15)23(5-2)19(22)26/h10-11H,4-9,12H2,1-3H3,(H,20,24). The van der Waals surface area contributed by atoms with Gasteiger partial charge in [0.25, 0.3) is 0 Å². The van der Waals surface area contributed by atoms with Crippen molar-refractivity contribution in [1.82, 2.24) is 9.13 Å². The van der Waals surface area contributed by atoms with Crippen LogP contribution in [0.3, 0.4) is 0 Å². The van der Waals surface area contributed by atoms with E-state index in [-0.39, 0.29) is 12.1 Å². The van der Waals surface area contributed by atoms with Gasteiger partial charge in [-0.15, -0.1) is 0 Å². The number of methoxy groups -OCH3 is 1. The van der Waals surface area contributed by atoms with Crippen molar-refractivity contribution >= 4 is 34.3 Å². The van der Waals surface area contributed by atoms with E-state index in [0.29, 0.717) is 18.8 Å². The lowest BCUT2D eigenvalue weighted by atomic mass is 10.2. The van der Waals surface area contributed by atoms with Crippen molar-refractivity contribution in [3.8, 4) is 0 Å². The molecular formula is C19H26N4O4. The van der Waals surface area contributed by atoms with Crippen molar-refractivity contribution in [2.45, 2.75) is 46.2 Å². The molecule has 1 aliphatic heterocycles. The first-order valence-corrected chi connectivity index (χ1v) is 9.38. The number of nitrogens with zero attached hydrogens (tertiary/aromatic N) is 3. The summed E-state index contributed by atoms with van der Waals surface area (Å²) in [7, 11) is 1.25. The first-order valence-electron chi connectivity index (χ1n) is 9.38. The quantitative estimate of drug-likeness (QED) is 0.617. The van der Waals surface area contributed by atoms with E-state index in [1.54, 1.807) is 9.13 Å². The average Bonchev–Trinajstić information content (AvgIpc) is 3.26. The molecule has 8 nitrogen and oxygen atoms in total. The number of hydrogen-bond donors (Lipinski definition) is 1. The number of anilines is 2. The van der Waals surface area contributed by atoms with Crippen molar-refractivity contribution < 1.29 is 14.3 Å². The Labute approximate surface area is 157 Å². The molecule has 0 radical (unpaired) electrons. The largest absolute Gasteiger partial charge is 0.469 e. The number of fused-ring (bicyclic) bond motifs is 1. The Bertz CT molecular complexity index is 922. The maximum Gasteiger partial charge on any atom is 0.329 e. The Hall–Kier alpha value is -2.77. The molecule has 0 atom stereocenters. The molecule has 1 aromatic carbocycles. The second-order valence-electron chi connectivity index (χ2n) is 6.62. The third kappa shape index (κ3) is 3.56. The van der Waals surface area contributed by atoms with Crippen LogP contribution in [0.15, 0.2) is 16.9 Å². The van der Waals surface area contributed by atoms with Gasteiger partial charge in [-0.3, -0.25) is 18.7 Å². The molecule has 8 heteroatoms. The van der Waals surface area contributed by atoms with E-state index in [0.717, 1.165) is 42.7 Å². The zero-order valence-electron chi connectivity index (χ0n) is 16.1. The maximum absolute atomic E-state index is 12.7. The molecule has 1 N–H and O–H groups in total. The summed E-state index contributed by atoms with van der Waals surface area (Å²) in [5.41, 5.74) is 3.08. The van der Waals surface area contributed by atoms with Crippen LogP contribution in [0.5, 0.6) is 0 Å². The summed E-state index contributed by atoms with van der Waals surface area (Å²) in [6.45, 7) is 6.79. The lowest BCUT2D eigenvalue weighted by Gasteiger charge is -2.22. The number of rotatable bonds is 6. The zero-order valence-corrected chi connectivity index (χ0v) is 16.1. The topological polar surface area (TPSA) is 85.6 Å². The number of benzene rings is 1. The molecule has 2 aromatic rings. The number of carbonyl (C=O) groups excluding carboxylic acids is 2. The van der Waals surface area contributed by atoms with E-state index in [2.05, 4.69) is 15.0 Å². The number of imidazole rings is 1. The van der Waals surface area contributed by atoms with Gasteiger partial charge in [-0.25, -0.2) is 4.79 Å². The van der Waals surface area contributed by atoms with E-state index < -0.39 is 11.9 Å². The number of hydrogen-bond acceptors (Lipinski definition) is 5. The highest BCUT2D eigenvalue weighted by molar-refractivity contribution is 6.05. The maximum atomic E-state index is 12.7. The summed E-state index contributed by atoms with van der Waals surface area (Å²) in [6.07, 6.45) is 1.83. The fraction of sp³-hybridized carbons (Fsp3) is 0.526. The molecule has 27 heavy (non-hydrogen) atoms. The van der Waals surface area contributed by atoms with E-state index in [4.69, 9.17) is 0 Å². The molecule has 1 saturated heterocycles. The van der Waals surface area contributed by atoms with Gasteiger partial charge in [-0.2, -0.15) is 0 Å². The van der Waals surface area contributed by atoms with Gasteiger partial charge >= 0.3 is 11.7 Å². The predicted molar refractivity (Wildman–Crippen MR) is 104 cm³/mol. The van der Waals surface area contributed by atoms with Crippen LogP contribution in [0, 0.1) is 0 Å². The van der Waals surface area contributed by atoms with Crippen LogP contribution in [0.25, 0.3) is 11.0 Å². The van der Waals surface area contributed by atoms with E-state index in [1.165, 1.54) is 7.11 Å². The fourth-order valence-corrected chi connectivity index (χ4v) is 3.68. The SMILES string of the molecule is CCn1c(=O)n(CC)c2cc(N3CCCC3)c(NC(=O)CC(=O)OC)cc21. The molecule has 146 valence electrons. The van der Waals surface area contributed by atoms with Crippen LogP contribution in [-0.2, 0) is 27.4 Å². The smallest absolute Gasteiger partial charge is 0.329 e. The molecular weight excluding hydrogens is 348 g/mol. The summed E-state index contributed by atoms with van der Waals surface area (Å²) in [4.78, 5) is 38.5. The van der Waals surface area contributed by atoms with E-state index in [9.17, 15) is 14.4 Å². The molecule has 0 saturated carbocycles. The van der Waals surface area contributed by atoms with Crippen molar-refractivity contribution in [2.24, 2.45) is 0 Å². The summed E-state index contributed by atoms with van der Waals surface area (Å²) in [5.74, 6) is -1.01. The molecule has 0 unspecified atom stereocenters. The summed E-state index contributed by atoms with van der Waals surface area (Å²) < 4.78 is 8.02. The van der Waals surface area contributed by atoms with Gasteiger partial charge in [0.2, 0.25) is 5.91 Å². The Morgan fingerprint density at radius 1 is 1.07 bits per heavy atom. The third-order valence-corrected chi connectivity index (χ3v) is 5.02. The van der Waals surface area contributed by atoms with Crippen molar-refractivity contribution in [2.75, 3.05) is 30.4 Å². The second-order valence-corrected chi connectivity index (χ2v) is 6.62. The molecule has 1 fully saturated rings. The van der Waals surface area contributed by atoms with Gasteiger partial charge in [-0.1, -0.05) is 0 Å². The van der Waals surface area contributed by atoms with Gasteiger partial charge in [0.1, 0.15) is 6.42 Å². The van der Waals surface area contributed by atoms with Crippen LogP contribution in [-0.4, -0.2) is 41.2 Å². The molecule has 1 aromatic heterocycles. The molecule has 0 bridgehead atoms. The minimum absolute atomic E-state index is 0.0552. The minimum atomic E-state index is -0.584. The Morgan fingerprint density at radius 3 is 2.22 bits per heavy atom. The van der Waals surface area contributed by atoms with Crippen molar-refractivity contribution in [3.63, 3.8) is 0 Å². The summed E-state index contributed by atoms with van der Waals surface area (Å²) >= 11 is 0. The second kappa shape index (κ2) is 7.85. The molecule has 0 aliphatic carbocycles. The molecule has 1 aliphatic rings. The van der Waals surface area contributed by atoms with Crippen LogP contribution in [0.4, 0.5) is 11.4 Å². The first-order chi connectivity index (χ1) is 13.0. The number of nitrogens with one attached hydrogen (secondary N) is 1. The first kappa shape index (κ1) is 19.0. The number of aromatic nitrogens is 2. The molecule has 3 rings (SSSR count). The summed E-state index contributed by atoms with van der Waals surface area (Å²) in [5, 5.41) is 2.84. The Kier molecular flexibility index (Phi) is 5.53. The fourth-order valence-electron chi connectivity index (χ4n) is 3.68. The number of ether oxygens (including phenoxy) is 1. The number of amides is 1. The van der Waals surface area contributed by atoms with E-state index in [1.807, 2.05) is 26.0 Å². The molecule has 1 amide bonds. The molecule has 2 heterocycles. The minimum Gasteiger partial charge on any atom is -0.469 e. The monoisotopic (exact) mass is 374 g/mol. The number of aryl methyl sites for hydroxylation is 2. The number of carbonyl (C=O) groups is 2. The van der Waals surface area contributed by atoms with Gasteiger partial charge < -0.3 is 15.0 Å². The highest BCUT2D eigenvalue weighted by atomic mass is 16.5. The number of esters is 1. The zero-order chi connectivity index (χ0) is 19.6. The highest BCUT2D eigenvalue weighted by Gasteiger charge is 2.22. The Morgan fingerprint density at radius 2 is 1.67 bits per heavy atom. The Balaban J connectivity index is 2.11. The normalized spacial score (nSPS) is 14.0. The van der Waals surface area contributed by atoms with Crippen molar-refractivity contribution in [3.05, 3.63) is 22.6 Å². The van der Waals surface area contributed by atoms with Gasteiger partial charge in [0, 0.05) is 26.2 Å². The lowest BCUT2D eigenvalue weighted by molar-refractivity contribution is -0.142. The molecule has 0 spiro atoms. The van der Waals surface area contributed by atoms with E-state index >= 15 is 0 Å². The van der Waals surface area contributed by atoms with Gasteiger partial charge in [0.15, 0.2) is 0 Å². The van der Waals surface area contributed by atoms with Crippen LogP contribution < -0.4 is 15.9 Å². The third-order valence-electron chi connectivity index (χ3n) is 5.02. The van der Waals surface area contributed by atoms with Crippen molar-refractivity contribution in [1.29, 1.82) is 0 Å². The summed E-state index contributed by atoms with van der Waals surface area (Å²) in [6, 6.07) is 3.82. The van der Waals surface area contributed by atoms with Gasteiger partial charge in [0.05, 0.1) is 29.5 Å². The van der Waals surface area contributed by atoms with Crippen LogP contribution in [0.1, 0.15) is 33.1 Å². The highest BCUT2D eigenvalue weighted by Crippen LogP contribution is 2.33. The predicted octanol–water partition coefficient (Wildman–Crippen LogP) is 1.94. The van der Waals surface area contributed by atoms with Crippen LogP contribution >= 0.6 is 0 Å². The lowest BCUT2D eigenvalue weighted by Crippen LogP contribution is -2.23. The average molecular weight is 374 g/mol.